The van der Waals surface area contributed by atoms with E-state index in [1.165, 1.54) is 47.1 Å². The van der Waals surface area contributed by atoms with E-state index in [9.17, 15) is 25.0 Å². The van der Waals surface area contributed by atoms with Gasteiger partial charge in [0.15, 0.2) is 0 Å². The fraction of sp³-hybridized carbons (Fsp3) is 0.111. The van der Waals surface area contributed by atoms with Crippen molar-refractivity contribution in [1.29, 1.82) is 0 Å². The summed E-state index contributed by atoms with van der Waals surface area (Å²) < 4.78 is 1.45. The molecule has 0 aliphatic heterocycles. The lowest BCUT2D eigenvalue weighted by molar-refractivity contribution is -0.385. The number of hydrogen-bond donors (Lipinski definition) is 1. The molecule has 2 aromatic carbocycles. The Labute approximate surface area is 158 Å². The van der Waals surface area contributed by atoms with Gasteiger partial charge in [0.2, 0.25) is 0 Å². The van der Waals surface area contributed by atoms with Crippen LogP contribution in [0.5, 0.6) is 0 Å². The standard InChI is InChI=1S/C18H15N5O5/c1-11-9-13(3-8-16(11)23(27)28)18(24)19-17-10-12(2)20-21(17)14-4-6-15(7-5-14)22(25)26/h3-10H,1-2H3,(H,19,24). The van der Waals surface area contributed by atoms with Crippen LogP contribution in [0.3, 0.4) is 0 Å². The number of carbonyl (C=O) groups excluding carboxylic acids is 1. The summed E-state index contributed by atoms with van der Waals surface area (Å²) in [6.07, 6.45) is 0. The first-order chi connectivity index (χ1) is 13.3. The van der Waals surface area contributed by atoms with Gasteiger partial charge in [-0.25, -0.2) is 4.68 Å². The summed E-state index contributed by atoms with van der Waals surface area (Å²) in [6, 6.07) is 11.5. The van der Waals surface area contributed by atoms with Crippen molar-refractivity contribution in [3.63, 3.8) is 0 Å². The van der Waals surface area contributed by atoms with Gasteiger partial charge < -0.3 is 5.32 Å². The van der Waals surface area contributed by atoms with Crippen LogP contribution >= 0.6 is 0 Å². The molecule has 0 bridgehead atoms. The summed E-state index contributed by atoms with van der Waals surface area (Å²) in [5.41, 5.74) is 1.68. The monoisotopic (exact) mass is 381 g/mol. The molecule has 1 amide bonds. The number of nitrogens with one attached hydrogen (secondary N) is 1. The van der Waals surface area contributed by atoms with Crippen LogP contribution in [-0.2, 0) is 0 Å². The molecule has 3 rings (SSSR count). The molecule has 142 valence electrons. The molecule has 0 saturated heterocycles. The Morgan fingerprint density at radius 3 is 2.25 bits per heavy atom. The van der Waals surface area contributed by atoms with Crippen molar-refractivity contribution in [2.75, 3.05) is 5.32 Å². The summed E-state index contributed by atoms with van der Waals surface area (Å²) >= 11 is 0. The smallest absolute Gasteiger partial charge is 0.272 e. The summed E-state index contributed by atoms with van der Waals surface area (Å²) in [5, 5.41) is 28.7. The van der Waals surface area contributed by atoms with E-state index in [4.69, 9.17) is 0 Å². The van der Waals surface area contributed by atoms with E-state index in [-0.39, 0.29) is 16.9 Å². The third-order valence-electron chi connectivity index (χ3n) is 4.03. The van der Waals surface area contributed by atoms with Crippen molar-refractivity contribution in [3.05, 3.63) is 85.6 Å². The molecule has 0 atom stereocenters. The lowest BCUT2D eigenvalue weighted by atomic mass is 10.1. The fourth-order valence-electron chi connectivity index (χ4n) is 2.69. The van der Waals surface area contributed by atoms with Crippen LogP contribution in [0, 0.1) is 34.1 Å². The van der Waals surface area contributed by atoms with Gasteiger partial charge in [-0.15, -0.1) is 0 Å². The van der Waals surface area contributed by atoms with Crippen LogP contribution in [0.2, 0.25) is 0 Å². The Hall–Kier alpha value is -4.08. The largest absolute Gasteiger partial charge is 0.306 e. The van der Waals surface area contributed by atoms with Crippen LogP contribution in [0.4, 0.5) is 17.2 Å². The highest BCUT2D eigenvalue weighted by atomic mass is 16.6. The number of nitro benzene ring substituents is 2. The van der Waals surface area contributed by atoms with Gasteiger partial charge in [-0.1, -0.05) is 0 Å². The van der Waals surface area contributed by atoms with Crippen LogP contribution in [0.25, 0.3) is 5.69 Å². The number of rotatable bonds is 5. The maximum Gasteiger partial charge on any atom is 0.272 e. The number of benzene rings is 2. The molecule has 0 unspecified atom stereocenters. The lowest BCUT2D eigenvalue weighted by Gasteiger charge is -2.09. The van der Waals surface area contributed by atoms with Crippen molar-refractivity contribution in [2.45, 2.75) is 13.8 Å². The number of anilines is 1. The Balaban J connectivity index is 1.89. The predicted molar refractivity (Wildman–Crippen MR) is 101 cm³/mol. The number of aromatic nitrogens is 2. The first kappa shape index (κ1) is 18.7. The molecular formula is C18H15N5O5. The van der Waals surface area contributed by atoms with E-state index < -0.39 is 15.8 Å². The number of amides is 1. The number of non-ortho nitro benzene ring substituents is 1. The average Bonchev–Trinajstić information content (AvgIpc) is 3.01. The lowest BCUT2D eigenvalue weighted by Crippen LogP contribution is -2.15. The quantitative estimate of drug-likeness (QED) is 0.530. The van der Waals surface area contributed by atoms with Gasteiger partial charge >= 0.3 is 0 Å². The summed E-state index contributed by atoms with van der Waals surface area (Å²) in [6.45, 7) is 3.30. The van der Waals surface area contributed by atoms with Crippen LogP contribution < -0.4 is 5.32 Å². The number of hydrogen-bond acceptors (Lipinski definition) is 6. The second-order valence-corrected chi connectivity index (χ2v) is 6.07. The molecule has 0 aliphatic carbocycles. The van der Waals surface area contributed by atoms with Crippen molar-refractivity contribution in [3.8, 4) is 5.69 Å². The average molecular weight is 381 g/mol. The van der Waals surface area contributed by atoms with Crippen molar-refractivity contribution >= 4 is 23.1 Å². The third kappa shape index (κ3) is 3.70. The Kier molecular flexibility index (Phi) is 4.86. The van der Waals surface area contributed by atoms with Crippen molar-refractivity contribution in [2.24, 2.45) is 0 Å². The normalized spacial score (nSPS) is 10.5. The highest BCUT2D eigenvalue weighted by molar-refractivity contribution is 6.04. The molecule has 0 radical (unpaired) electrons. The highest BCUT2D eigenvalue weighted by Gasteiger charge is 2.16. The zero-order chi connectivity index (χ0) is 20.4. The number of nitrogens with zero attached hydrogens (tertiary/aromatic N) is 4. The Morgan fingerprint density at radius 2 is 1.68 bits per heavy atom. The second kappa shape index (κ2) is 7.27. The molecule has 1 N–H and O–H groups in total. The van der Waals surface area contributed by atoms with E-state index in [0.29, 0.717) is 22.8 Å². The second-order valence-electron chi connectivity index (χ2n) is 6.07. The van der Waals surface area contributed by atoms with E-state index >= 15 is 0 Å². The van der Waals surface area contributed by atoms with Gasteiger partial charge in [0.1, 0.15) is 5.82 Å². The molecule has 0 saturated carbocycles. The molecule has 10 heteroatoms. The third-order valence-corrected chi connectivity index (χ3v) is 4.03. The van der Waals surface area contributed by atoms with Gasteiger partial charge in [0, 0.05) is 35.4 Å². The van der Waals surface area contributed by atoms with Gasteiger partial charge in [0.25, 0.3) is 17.3 Å². The van der Waals surface area contributed by atoms with Gasteiger partial charge in [0.05, 0.1) is 21.2 Å². The minimum atomic E-state index is -0.510. The van der Waals surface area contributed by atoms with Crippen LogP contribution in [-0.4, -0.2) is 25.5 Å². The van der Waals surface area contributed by atoms with E-state index in [0.717, 1.165) is 0 Å². The number of aryl methyl sites for hydroxylation is 2. The molecule has 0 spiro atoms. The zero-order valence-corrected chi connectivity index (χ0v) is 14.9. The van der Waals surface area contributed by atoms with Crippen LogP contribution in [0.1, 0.15) is 21.6 Å². The molecule has 28 heavy (non-hydrogen) atoms. The van der Waals surface area contributed by atoms with Crippen LogP contribution in [0.15, 0.2) is 48.5 Å². The topological polar surface area (TPSA) is 133 Å². The maximum absolute atomic E-state index is 12.6. The Morgan fingerprint density at radius 1 is 1.00 bits per heavy atom. The minimum Gasteiger partial charge on any atom is -0.306 e. The number of nitro groups is 2. The summed E-state index contributed by atoms with van der Waals surface area (Å²) in [5.74, 6) is -0.0894. The highest BCUT2D eigenvalue weighted by Crippen LogP contribution is 2.22. The van der Waals surface area contributed by atoms with E-state index in [1.54, 1.807) is 19.9 Å². The number of carbonyl (C=O) groups is 1. The molecule has 0 fully saturated rings. The van der Waals surface area contributed by atoms with Gasteiger partial charge in [-0.3, -0.25) is 25.0 Å². The minimum absolute atomic E-state index is 0.0560. The summed E-state index contributed by atoms with van der Waals surface area (Å²) in [4.78, 5) is 33.3. The van der Waals surface area contributed by atoms with Crippen molar-refractivity contribution in [1.82, 2.24) is 9.78 Å². The molecule has 10 nitrogen and oxygen atoms in total. The van der Waals surface area contributed by atoms with E-state index in [1.807, 2.05) is 0 Å². The molecule has 3 aromatic rings. The van der Waals surface area contributed by atoms with Gasteiger partial charge in [-0.05, 0) is 38.1 Å². The molecule has 0 aliphatic rings. The predicted octanol–water partition coefficient (Wildman–Crippen LogP) is 3.56. The SMILES string of the molecule is Cc1cc(NC(=O)c2ccc([N+](=O)[O-])c(C)c2)n(-c2ccc([N+](=O)[O-])cc2)n1. The first-order valence-corrected chi connectivity index (χ1v) is 8.14. The maximum atomic E-state index is 12.6. The molecule has 1 aromatic heterocycles. The summed E-state index contributed by atoms with van der Waals surface area (Å²) in [7, 11) is 0. The van der Waals surface area contributed by atoms with Crippen molar-refractivity contribution < 1.29 is 14.6 Å². The Bertz CT molecular complexity index is 1090. The first-order valence-electron chi connectivity index (χ1n) is 8.14. The fourth-order valence-corrected chi connectivity index (χ4v) is 2.69. The molecular weight excluding hydrogens is 366 g/mol. The molecule has 1 heterocycles. The van der Waals surface area contributed by atoms with E-state index in [2.05, 4.69) is 10.4 Å². The van der Waals surface area contributed by atoms with Gasteiger partial charge in [-0.2, -0.15) is 5.10 Å². The zero-order valence-electron chi connectivity index (χ0n) is 14.9.